The van der Waals surface area contributed by atoms with E-state index in [1.54, 1.807) is 0 Å². The van der Waals surface area contributed by atoms with Crippen LogP contribution in [0.2, 0.25) is 0 Å². The molecule has 15 heavy (non-hydrogen) atoms. The maximum Gasteiger partial charge on any atom is 0.144 e. The van der Waals surface area contributed by atoms with E-state index >= 15 is 0 Å². The third kappa shape index (κ3) is 1.54. The summed E-state index contributed by atoms with van der Waals surface area (Å²) in [5, 5.41) is 1.17. The number of aromatic nitrogens is 2. The maximum absolute atomic E-state index is 5.68. The highest BCUT2D eigenvalue weighted by atomic mass is 32.1. The van der Waals surface area contributed by atoms with Crippen molar-refractivity contribution in [2.45, 2.75) is 33.7 Å². The first-order valence-electron chi connectivity index (χ1n) is 5.13. The second-order valence-corrected chi connectivity index (χ2v) is 4.42. The summed E-state index contributed by atoms with van der Waals surface area (Å²) in [6.07, 6.45) is 1.01. The predicted octanol–water partition coefficient (Wildman–Crippen LogP) is 2.33. The second kappa shape index (κ2) is 3.87. The lowest BCUT2D eigenvalue weighted by molar-refractivity contribution is 1.02. The minimum absolute atomic E-state index is 0.495. The Bertz CT molecular complexity index is 502. The molecule has 3 nitrogen and oxygen atoms in total. The van der Waals surface area contributed by atoms with E-state index in [0.29, 0.717) is 6.54 Å². The summed E-state index contributed by atoms with van der Waals surface area (Å²) in [4.78, 5) is 5.59. The Morgan fingerprint density at radius 2 is 2.07 bits per heavy atom. The summed E-state index contributed by atoms with van der Waals surface area (Å²) in [5.74, 6) is 0. The van der Waals surface area contributed by atoms with Gasteiger partial charge in [-0.2, -0.15) is 4.37 Å². The van der Waals surface area contributed by atoms with Crippen LogP contribution in [0.3, 0.4) is 0 Å². The van der Waals surface area contributed by atoms with Gasteiger partial charge in [0.15, 0.2) is 0 Å². The zero-order valence-electron chi connectivity index (χ0n) is 9.29. The molecule has 2 N–H and O–H groups in total. The van der Waals surface area contributed by atoms with Gasteiger partial charge < -0.3 is 5.73 Å². The van der Waals surface area contributed by atoms with E-state index in [-0.39, 0.29) is 0 Å². The van der Waals surface area contributed by atoms with Gasteiger partial charge in [-0.15, -0.1) is 0 Å². The average Bonchev–Trinajstić information content (AvgIpc) is 2.61. The summed E-state index contributed by atoms with van der Waals surface area (Å²) < 4.78 is 4.35. The van der Waals surface area contributed by atoms with Crippen molar-refractivity contribution >= 4 is 21.7 Å². The molecule has 0 aliphatic heterocycles. The predicted molar refractivity (Wildman–Crippen MR) is 64.2 cm³/mol. The number of hydrogen-bond donors (Lipinski definition) is 1. The van der Waals surface area contributed by atoms with Crippen molar-refractivity contribution in [3.05, 3.63) is 22.5 Å². The van der Waals surface area contributed by atoms with Crippen LogP contribution in [0.25, 0.3) is 10.2 Å². The number of rotatable bonds is 2. The molecule has 0 unspecified atom stereocenters. The maximum atomic E-state index is 5.68. The molecule has 2 rings (SSSR count). The Balaban J connectivity index is 2.83. The SMILES string of the molecule is CCc1c(C)nc2snc(CN)c2c1C. The van der Waals surface area contributed by atoms with Crippen molar-refractivity contribution < 1.29 is 0 Å². The third-order valence-electron chi connectivity index (χ3n) is 2.83. The minimum atomic E-state index is 0.495. The van der Waals surface area contributed by atoms with Crippen molar-refractivity contribution in [3.63, 3.8) is 0 Å². The summed E-state index contributed by atoms with van der Waals surface area (Å²) >= 11 is 1.44. The highest BCUT2D eigenvalue weighted by Crippen LogP contribution is 2.28. The zero-order chi connectivity index (χ0) is 11.0. The van der Waals surface area contributed by atoms with Crippen LogP contribution in [0, 0.1) is 13.8 Å². The van der Waals surface area contributed by atoms with Gasteiger partial charge in [0.1, 0.15) is 4.83 Å². The Hall–Kier alpha value is -1.00. The second-order valence-electron chi connectivity index (χ2n) is 3.67. The molecule has 2 aromatic heterocycles. The number of nitrogens with zero attached hydrogens (tertiary/aromatic N) is 2. The molecule has 4 heteroatoms. The third-order valence-corrected chi connectivity index (χ3v) is 3.61. The van der Waals surface area contributed by atoms with Crippen LogP contribution in [-0.2, 0) is 13.0 Å². The molecular formula is C11H15N3S. The van der Waals surface area contributed by atoms with Gasteiger partial charge in [0.2, 0.25) is 0 Å². The Morgan fingerprint density at radius 3 is 2.67 bits per heavy atom. The molecule has 0 aliphatic rings. The van der Waals surface area contributed by atoms with Gasteiger partial charge in [0, 0.05) is 17.6 Å². The lowest BCUT2D eigenvalue weighted by Crippen LogP contribution is -2.00. The van der Waals surface area contributed by atoms with Gasteiger partial charge in [-0.1, -0.05) is 6.92 Å². The number of hydrogen-bond acceptors (Lipinski definition) is 4. The van der Waals surface area contributed by atoms with Gasteiger partial charge in [-0.25, -0.2) is 4.98 Å². The first kappa shape index (κ1) is 10.5. The number of nitrogens with two attached hydrogens (primary N) is 1. The Labute approximate surface area is 93.5 Å². The summed E-state index contributed by atoms with van der Waals surface area (Å²) in [6, 6.07) is 0. The first-order valence-corrected chi connectivity index (χ1v) is 5.90. The fourth-order valence-corrected chi connectivity index (χ4v) is 2.97. The minimum Gasteiger partial charge on any atom is -0.325 e. The van der Waals surface area contributed by atoms with E-state index in [1.165, 1.54) is 28.0 Å². The van der Waals surface area contributed by atoms with Gasteiger partial charge >= 0.3 is 0 Å². The molecule has 0 aliphatic carbocycles. The number of aryl methyl sites for hydroxylation is 2. The lowest BCUT2D eigenvalue weighted by Gasteiger charge is -2.08. The van der Waals surface area contributed by atoms with E-state index < -0.39 is 0 Å². The highest BCUT2D eigenvalue weighted by Gasteiger charge is 2.13. The van der Waals surface area contributed by atoms with Crippen LogP contribution in [0.4, 0.5) is 0 Å². The van der Waals surface area contributed by atoms with E-state index in [1.807, 2.05) is 0 Å². The first-order chi connectivity index (χ1) is 7.19. The summed E-state index contributed by atoms with van der Waals surface area (Å²) in [7, 11) is 0. The van der Waals surface area contributed by atoms with Gasteiger partial charge in [-0.05, 0) is 42.9 Å². The fraction of sp³-hybridized carbons (Fsp3) is 0.455. The summed E-state index contributed by atoms with van der Waals surface area (Å²) in [5.41, 5.74) is 10.4. The molecule has 80 valence electrons. The largest absolute Gasteiger partial charge is 0.325 e. The molecule has 0 aromatic carbocycles. The van der Waals surface area contributed by atoms with Gasteiger partial charge in [0.05, 0.1) is 5.69 Å². The molecule has 0 atom stereocenters. The molecule has 0 spiro atoms. The van der Waals surface area contributed by atoms with Crippen LogP contribution < -0.4 is 5.73 Å². The van der Waals surface area contributed by atoms with Crippen molar-refractivity contribution in [2.24, 2.45) is 5.73 Å². The van der Waals surface area contributed by atoms with Crippen molar-refractivity contribution in [1.82, 2.24) is 9.36 Å². The molecule has 0 saturated heterocycles. The highest BCUT2D eigenvalue weighted by molar-refractivity contribution is 7.13. The molecule has 0 radical (unpaired) electrons. The van der Waals surface area contributed by atoms with Crippen molar-refractivity contribution in [3.8, 4) is 0 Å². The fourth-order valence-electron chi connectivity index (χ4n) is 2.07. The lowest BCUT2D eigenvalue weighted by atomic mass is 10.0. The molecule has 0 fully saturated rings. The van der Waals surface area contributed by atoms with Crippen LogP contribution in [0.1, 0.15) is 29.4 Å². The molecule has 0 saturated carbocycles. The van der Waals surface area contributed by atoms with Crippen molar-refractivity contribution in [2.75, 3.05) is 0 Å². The number of pyridine rings is 1. The van der Waals surface area contributed by atoms with Gasteiger partial charge in [0.25, 0.3) is 0 Å². The topological polar surface area (TPSA) is 51.8 Å². The number of fused-ring (bicyclic) bond motifs is 1. The van der Waals surface area contributed by atoms with Gasteiger partial charge in [-0.3, -0.25) is 0 Å². The normalized spacial score (nSPS) is 11.2. The van der Waals surface area contributed by atoms with Crippen LogP contribution >= 0.6 is 11.5 Å². The Morgan fingerprint density at radius 1 is 1.33 bits per heavy atom. The van der Waals surface area contributed by atoms with E-state index in [2.05, 4.69) is 30.1 Å². The van der Waals surface area contributed by atoms with E-state index in [4.69, 9.17) is 5.73 Å². The van der Waals surface area contributed by atoms with Crippen LogP contribution in [0.5, 0.6) is 0 Å². The zero-order valence-corrected chi connectivity index (χ0v) is 10.1. The summed E-state index contributed by atoms with van der Waals surface area (Å²) in [6.45, 7) is 6.86. The van der Waals surface area contributed by atoms with Crippen molar-refractivity contribution in [1.29, 1.82) is 0 Å². The molecule has 0 bridgehead atoms. The molecule has 2 heterocycles. The monoisotopic (exact) mass is 221 g/mol. The molecular weight excluding hydrogens is 206 g/mol. The molecule has 2 aromatic rings. The van der Waals surface area contributed by atoms with E-state index in [9.17, 15) is 0 Å². The van der Waals surface area contributed by atoms with Crippen LogP contribution in [-0.4, -0.2) is 9.36 Å². The molecule has 0 amide bonds. The van der Waals surface area contributed by atoms with Crippen LogP contribution in [0.15, 0.2) is 0 Å². The standard InChI is InChI=1S/C11H15N3S/c1-4-8-6(2)10-9(5-12)14-15-11(10)13-7(8)3/h4-5,12H2,1-3H3. The Kier molecular flexibility index (Phi) is 2.71. The average molecular weight is 221 g/mol. The smallest absolute Gasteiger partial charge is 0.144 e. The van der Waals surface area contributed by atoms with E-state index in [0.717, 1.165) is 22.6 Å². The quantitative estimate of drug-likeness (QED) is 0.846.